The van der Waals surface area contributed by atoms with Crippen molar-refractivity contribution in [3.8, 4) is 67.5 Å². The van der Waals surface area contributed by atoms with E-state index in [1.54, 1.807) is 0 Å². The van der Waals surface area contributed by atoms with Crippen molar-refractivity contribution in [3.05, 3.63) is 200 Å². The van der Waals surface area contributed by atoms with Crippen LogP contribution >= 0.6 is 0 Å². The van der Waals surface area contributed by atoms with E-state index in [0.29, 0.717) is 17.5 Å². The number of aromatic nitrogens is 3. The number of nitrogens with zero attached hydrogens (tertiary/aromatic N) is 3. The zero-order valence-corrected chi connectivity index (χ0v) is 30.8. The molecule has 0 aliphatic heterocycles. The highest BCUT2D eigenvalue weighted by Gasteiger charge is 2.18. The summed E-state index contributed by atoms with van der Waals surface area (Å²) in [5, 5.41) is 6.86. The Labute approximate surface area is 329 Å². The molecule has 11 rings (SSSR count). The molecule has 11 aromatic rings. The fourth-order valence-corrected chi connectivity index (χ4v) is 8.22. The first-order chi connectivity index (χ1) is 28.2. The van der Waals surface area contributed by atoms with Gasteiger partial charge in [-0.1, -0.05) is 176 Å². The molecule has 0 N–H and O–H groups in total. The molecule has 0 bridgehead atoms. The molecule has 0 saturated carbocycles. The number of hydrogen-bond acceptors (Lipinski definition) is 4. The zero-order valence-electron chi connectivity index (χ0n) is 30.8. The smallest absolute Gasteiger partial charge is 0.164 e. The molecule has 0 radical (unpaired) electrons. The van der Waals surface area contributed by atoms with Gasteiger partial charge in [0.1, 0.15) is 11.2 Å². The summed E-state index contributed by atoms with van der Waals surface area (Å²) in [4.78, 5) is 15.3. The van der Waals surface area contributed by atoms with Gasteiger partial charge < -0.3 is 4.42 Å². The van der Waals surface area contributed by atoms with Crippen molar-refractivity contribution in [1.29, 1.82) is 0 Å². The van der Waals surface area contributed by atoms with Gasteiger partial charge in [0.05, 0.1) is 0 Å². The summed E-state index contributed by atoms with van der Waals surface area (Å²) in [7, 11) is 0. The van der Waals surface area contributed by atoms with Crippen LogP contribution in [0, 0.1) is 0 Å². The van der Waals surface area contributed by atoms with Crippen LogP contribution in [0.1, 0.15) is 0 Å². The molecule has 4 nitrogen and oxygen atoms in total. The summed E-state index contributed by atoms with van der Waals surface area (Å²) >= 11 is 0. The minimum absolute atomic E-state index is 0.626. The van der Waals surface area contributed by atoms with Gasteiger partial charge in [-0.05, 0) is 79.2 Å². The number of benzene rings is 9. The molecule has 2 heterocycles. The van der Waals surface area contributed by atoms with Gasteiger partial charge >= 0.3 is 0 Å². The first-order valence-corrected chi connectivity index (χ1v) is 19.2. The van der Waals surface area contributed by atoms with E-state index >= 15 is 0 Å². The maximum absolute atomic E-state index is 6.52. The predicted octanol–water partition coefficient (Wildman–Crippen LogP) is 14.1. The molecule has 0 saturated heterocycles. The molecule has 9 aromatic carbocycles. The van der Waals surface area contributed by atoms with Crippen molar-refractivity contribution >= 4 is 43.5 Å². The lowest BCUT2D eigenvalue weighted by Crippen LogP contribution is -2.00. The summed E-state index contributed by atoms with van der Waals surface area (Å²) in [6.45, 7) is 0. The Hall–Kier alpha value is -7.69. The molecule has 0 spiro atoms. The highest BCUT2D eigenvalue weighted by molar-refractivity contribution is 6.14. The Morgan fingerprint density at radius 3 is 1.56 bits per heavy atom. The molecule has 0 fully saturated rings. The van der Waals surface area contributed by atoms with E-state index in [4.69, 9.17) is 19.4 Å². The fraction of sp³-hybridized carbons (Fsp3) is 0. The Morgan fingerprint density at radius 2 is 0.789 bits per heavy atom. The maximum atomic E-state index is 6.52. The molecule has 0 unspecified atom stereocenters. The highest BCUT2D eigenvalue weighted by Crippen LogP contribution is 2.41. The van der Waals surface area contributed by atoms with Gasteiger partial charge in [-0.25, -0.2) is 15.0 Å². The average Bonchev–Trinajstić information content (AvgIpc) is 3.67. The van der Waals surface area contributed by atoms with E-state index in [0.717, 1.165) is 66.1 Å². The van der Waals surface area contributed by atoms with Crippen LogP contribution < -0.4 is 0 Å². The lowest BCUT2D eigenvalue weighted by molar-refractivity contribution is 0.669. The van der Waals surface area contributed by atoms with Crippen molar-refractivity contribution < 1.29 is 4.42 Å². The molecule has 0 amide bonds. The van der Waals surface area contributed by atoms with Crippen LogP contribution in [0.3, 0.4) is 0 Å². The lowest BCUT2D eigenvalue weighted by atomic mass is 9.93. The van der Waals surface area contributed by atoms with Gasteiger partial charge in [-0.3, -0.25) is 0 Å². The normalized spacial score (nSPS) is 11.5. The summed E-state index contributed by atoms with van der Waals surface area (Å²) < 4.78 is 6.52. The third kappa shape index (κ3) is 5.74. The third-order valence-electron chi connectivity index (χ3n) is 11.0. The molecular weight excluding hydrogens is 695 g/mol. The van der Waals surface area contributed by atoms with Crippen LogP contribution in [0.4, 0.5) is 0 Å². The monoisotopic (exact) mass is 727 g/mol. The number of fused-ring (bicyclic) bond motifs is 5. The molecular formula is C53H33N3O. The van der Waals surface area contributed by atoms with E-state index in [2.05, 4.69) is 164 Å². The van der Waals surface area contributed by atoms with Gasteiger partial charge in [0.25, 0.3) is 0 Å². The summed E-state index contributed by atoms with van der Waals surface area (Å²) in [5.41, 5.74) is 11.4. The van der Waals surface area contributed by atoms with Gasteiger partial charge in [0.2, 0.25) is 0 Å². The number of rotatable bonds is 6. The van der Waals surface area contributed by atoms with E-state index in [-0.39, 0.29) is 0 Å². The second-order valence-corrected chi connectivity index (χ2v) is 14.3. The summed E-state index contributed by atoms with van der Waals surface area (Å²) in [5.74, 6) is 1.88. The number of hydrogen-bond donors (Lipinski definition) is 0. The lowest BCUT2D eigenvalue weighted by Gasteiger charge is -2.13. The topological polar surface area (TPSA) is 51.8 Å². The van der Waals surface area contributed by atoms with Crippen LogP contribution in [0.25, 0.3) is 111 Å². The second kappa shape index (κ2) is 13.6. The van der Waals surface area contributed by atoms with Crippen LogP contribution in [0.2, 0.25) is 0 Å². The Bertz CT molecular complexity index is 3270. The van der Waals surface area contributed by atoms with Gasteiger partial charge in [0.15, 0.2) is 17.5 Å². The number of furan rings is 1. The van der Waals surface area contributed by atoms with E-state index in [9.17, 15) is 0 Å². The standard InChI is InChI=1S/C53H33N3O/c1-3-13-35(14-4-1)43-23-12-24-48-50(43)47-30-29-39(33-49(47)57-48)42-31-32-46(45-21-10-9-20-44(42)45)53-55-51(37-16-5-2-6-17-37)54-52(56-53)38-27-25-36(26-28-38)41-22-11-18-34-15-7-8-19-40(34)41/h1-33H. The van der Waals surface area contributed by atoms with Gasteiger partial charge in [-0.15, -0.1) is 0 Å². The first kappa shape index (κ1) is 32.7. The van der Waals surface area contributed by atoms with E-state index < -0.39 is 0 Å². The minimum Gasteiger partial charge on any atom is -0.456 e. The van der Waals surface area contributed by atoms with Gasteiger partial charge in [-0.2, -0.15) is 0 Å². The largest absolute Gasteiger partial charge is 0.456 e. The summed E-state index contributed by atoms with van der Waals surface area (Å²) in [6.07, 6.45) is 0. The summed E-state index contributed by atoms with van der Waals surface area (Å²) in [6, 6.07) is 69.8. The maximum Gasteiger partial charge on any atom is 0.164 e. The predicted molar refractivity (Wildman–Crippen MR) is 235 cm³/mol. The SMILES string of the molecule is c1ccc(-c2nc(-c3ccc(-c4cccc5ccccc45)cc3)nc(-c3ccc(-c4ccc5c(c4)oc4cccc(-c6ccccc6)c45)c4ccccc34)n2)cc1. The van der Waals surface area contributed by atoms with Crippen molar-refractivity contribution in [3.63, 3.8) is 0 Å². The Morgan fingerprint density at radius 1 is 0.281 bits per heavy atom. The van der Waals surface area contributed by atoms with Gasteiger partial charge in [0, 0.05) is 27.5 Å². The molecule has 0 aliphatic rings. The van der Waals surface area contributed by atoms with Crippen molar-refractivity contribution in [2.24, 2.45) is 0 Å². The average molecular weight is 728 g/mol. The van der Waals surface area contributed by atoms with Crippen molar-refractivity contribution in [2.75, 3.05) is 0 Å². The Kier molecular flexibility index (Phi) is 7.78. The molecule has 57 heavy (non-hydrogen) atoms. The molecule has 4 heteroatoms. The molecule has 0 atom stereocenters. The Balaban J connectivity index is 1.02. The third-order valence-corrected chi connectivity index (χ3v) is 11.0. The highest BCUT2D eigenvalue weighted by atomic mass is 16.3. The van der Waals surface area contributed by atoms with Crippen LogP contribution in [-0.2, 0) is 0 Å². The molecule has 266 valence electrons. The van der Waals surface area contributed by atoms with E-state index in [1.165, 1.54) is 27.5 Å². The van der Waals surface area contributed by atoms with Crippen LogP contribution in [-0.4, -0.2) is 15.0 Å². The van der Waals surface area contributed by atoms with Crippen LogP contribution in [0.15, 0.2) is 205 Å². The van der Waals surface area contributed by atoms with E-state index in [1.807, 2.05) is 36.4 Å². The first-order valence-electron chi connectivity index (χ1n) is 19.2. The second-order valence-electron chi connectivity index (χ2n) is 14.3. The molecule has 0 aliphatic carbocycles. The van der Waals surface area contributed by atoms with Crippen LogP contribution in [0.5, 0.6) is 0 Å². The minimum atomic E-state index is 0.626. The fourth-order valence-electron chi connectivity index (χ4n) is 8.22. The quantitative estimate of drug-likeness (QED) is 0.171. The zero-order chi connectivity index (χ0) is 37.7. The van der Waals surface area contributed by atoms with Crippen molar-refractivity contribution in [2.45, 2.75) is 0 Å². The van der Waals surface area contributed by atoms with Crippen molar-refractivity contribution in [1.82, 2.24) is 15.0 Å². The molecule has 2 aromatic heterocycles.